The molecule has 0 heterocycles. The van der Waals surface area contributed by atoms with Crippen LogP contribution >= 0.6 is 0 Å². The van der Waals surface area contributed by atoms with Gasteiger partial charge in [0.05, 0.1) is 0 Å². The third-order valence-electron chi connectivity index (χ3n) is 2.06. The summed E-state index contributed by atoms with van der Waals surface area (Å²) in [5.41, 5.74) is 0.0105. The molecule has 1 rings (SSSR count). The molecular formula is C10H9NaO6S. The first-order valence-electron chi connectivity index (χ1n) is 4.58. The first-order valence-corrected chi connectivity index (χ1v) is 6.08. The van der Waals surface area contributed by atoms with Crippen molar-refractivity contribution in [3.05, 3.63) is 35.9 Å². The van der Waals surface area contributed by atoms with Gasteiger partial charge in [0.1, 0.15) is 0 Å². The Morgan fingerprint density at radius 2 is 1.72 bits per heavy atom. The average Bonchev–Trinajstić information content (AvgIpc) is 2.24. The van der Waals surface area contributed by atoms with E-state index in [1.807, 2.05) is 0 Å². The van der Waals surface area contributed by atoms with E-state index in [9.17, 15) is 23.1 Å². The Balaban J connectivity index is 0.00000289. The number of carbonyl (C=O) groups is 2. The Morgan fingerprint density at radius 1 is 1.22 bits per heavy atom. The van der Waals surface area contributed by atoms with Gasteiger partial charge in [-0.25, -0.2) is 0 Å². The van der Waals surface area contributed by atoms with Crippen molar-refractivity contribution in [3.8, 4) is 0 Å². The van der Waals surface area contributed by atoms with Gasteiger partial charge in [-0.3, -0.25) is 9.35 Å². The number of carbonyl (C=O) groups excluding carboxylic acids is 2. The standard InChI is InChI=1S/C10H10O6S.Na/c11-9(12)6-8(17(14,15)16)10(13)7-4-2-1-3-5-7;/h1-5,8H,6H2,(H,11,12)(H,14,15,16);/q;+1/p-1. The Bertz CT molecular complexity index is 525. The number of aliphatic carboxylic acids is 1. The van der Waals surface area contributed by atoms with Crippen LogP contribution < -0.4 is 34.7 Å². The van der Waals surface area contributed by atoms with Crippen LogP contribution in [0.1, 0.15) is 16.8 Å². The van der Waals surface area contributed by atoms with Gasteiger partial charge in [0.15, 0.2) is 11.0 Å². The van der Waals surface area contributed by atoms with Gasteiger partial charge in [0, 0.05) is 18.0 Å². The number of carboxylic acid groups (broad SMARTS) is 1. The molecule has 0 bridgehead atoms. The number of ketones is 1. The van der Waals surface area contributed by atoms with Gasteiger partial charge in [0.2, 0.25) is 0 Å². The van der Waals surface area contributed by atoms with E-state index in [0.717, 1.165) is 0 Å². The number of rotatable bonds is 5. The van der Waals surface area contributed by atoms with Crippen molar-refractivity contribution in [2.45, 2.75) is 11.7 Å². The summed E-state index contributed by atoms with van der Waals surface area (Å²) in [5.74, 6) is -2.70. The fraction of sp³-hybridized carbons (Fsp3) is 0.200. The third kappa shape index (κ3) is 4.87. The second-order valence-corrected chi connectivity index (χ2v) is 4.91. The number of hydrogen-bond donors (Lipinski definition) is 1. The summed E-state index contributed by atoms with van der Waals surface area (Å²) in [6.07, 6.45) is -1.08. The van der Waals surface area contributed by atoms with Crippen molar-refractivity contribution in [1.29, 1.82) is 0 Å². The second kappa shape index (κ2) is 7.01. The molecule has 92 valence electrons. The van der Waals surface area contributed by atoms with E-state index in [-0.39, 0.29) is 35.1 Å². The zero-order chi connectivity index (χ0) is 13.1. The summed E-state index contributed by atoms with van der Waals surface area (Å²) < 4.78 is 30.7. The van der Waals surface area contributed by atoms with Gasteiger partial charge in [-0.1, -0.05) is 30.3 Å². The van der Waals surface area contributed by atoms with Gasteiger partial charge >= 0.3 is 29.6 Å². The molecule has 0 amide bonds. The summed E-state index contributed by atoms with van der Waals surface area (Å²) in [6, 6.07) is 7.25. The smallest absolute Gasteiger partial charge is 0.550 e. The van der Waals surface area contributed by atoms with E-state index < -0.39 is 33.5 Å². The first-order chi connectivity index (χ1) is 7.82. The van der Waals surface area contributed by atoms with Crippen LogP contribution in [-0.4, -0.2) is 30.0 Å². The molecule has 0 aliphatic rings. The topological polar surface area (TPSA) is 112 Å². The normalized spacial score (nSPS) is 12.3. The van der Waals surface area contributed by atoms with Crippen molar-refractivity contribution >= 4 is 21.9 Å². The molecule has 1 aromatic carbocycles. The number of hydrogen-bond acceptors (Lipinski definition) is 5. The molecule has 1 N–H and O–H groups in total. The molecule has 0 aliphatic carbocycles. The van der Waals surface area contributed by atoms with Crippen LogP contribution in [0.4, 0.5) is 0 Å². The average molecular weight is 280 g/mol. The predicted octanol–water partition coefficient (Wildman–Crippen LogP) is -3.73. The molecule has 0 saturated carbocycles. The number of Topliss-reactive ketones (excluding diaryl/α,β-unsaturated/α-hetero) is 1. The van der Waals surface area contributed by atoms with Gasteiger partial charge in [0.25, 0.3) is 10.1 Å². The van der Waals surface area contributed by atoms with E-state index in [2.05, 4.69) is 0 Å². The van der Waals surface area contributed by atoms with Crippen LogP contribution in [0.5, 0.6) is 0 Å². The van der Waals surface area contributed by atoms with Crippen LogP contribution in [0.2, 0.25) is 0 Å². The molecule has 1 aromatic rings. The van der Waals surface area contributed by atoms with Crippen LogP contribution in [-0.2, 0) is 14.9 Å². The molecule has 0 aromatic heterocycles. The number of benzene rings is 1. The SMILES string of the molecule is O=C([O-])CC(C(=O)c1ccccc1)S(=O)(=O)O.[Na+]. The van der Waals surface area contributed by atoms with E-state index in [1.54, 1.807) is 6.07 Å². The van der Waals surface area contributed by atoms with E-state index in [1.165, 1.54) is 24.3 Å². The maximum atomic E-state index is 11.7. The first kappa shape index (κ1) is 17.3. The Kier molecular flexibility index (Phi) is 6.72. The third-order valence-corrected chi connectivity index (χ3v) is 3.16. The van der Waals surface area contributed by atoms with Gasteiger partial charge in [-0.15, -0.1) is 0 Å². The minimum atomic E-state index is -4.78. The monoisotopic (exact) mass is 280 g/mol. The van der Waals surface area contributed by atoms with Crippen molar-refractivity contribution in [2.75, 3.05) is 0 Å². The molecule has 0 saturated heterocycles. The molecule has 18 heavy (non-hydrogen) atoms. The van der Waals surface area contributed by atoms with Gasteiger partial charge < -0.3 is 9.90 Å². The summed E-state index contributed by atoms with van der Waals surface area (Å²) >= 11 is 0. The molecule has 0 fully saturated rings. The van der Waals surface area contributed by atoms with E-state index >= 15 is 0 Å². The zero-order valence-corrected chi connectivity index (χ0v) is 12.4. The van der Waals surface area contributed by atoms with Gasteiger partial charge in [-0.05, 0) is 0 Å². The molecule has 0 aliphatic heterocycles. The fourth-order valence-corrected chi connectivity index (χ4v) is 2.03. The Labute approximate surface area is 126 Å². The largest absolute Gasteiger partial charge is 1.00 e. The zero-order valence-electron chi connectivity index (χ0n) is 9.57. The van der Waals surface area contributed by atoms with E-state index in [4.69, 9.17) is 4.55 Å². The maximum Gasteiger partial charge on any atom is 1.00 e. The second-order valence-electron chi connectivity index (χ2n) is 3.31. The van der Waals surface area contributed by atoms with E-state index in [0.29, 0.717) is 0 Å². The molecule has 0 radical (unpaired) electrons. The van der Waals surface area contributed by atoms with Crippen molar-refractivity contribution in [1.82, 2.24) is 0 Å². The minimum absolute atomic E-state index is 0. The molecule has 8 heteroatoms. The van der Waals surface area contributed by atoms with Crippen LogP contribution in [0.3, 0.4) is 0 Å². The van der Waals surface area contributed by atoms with Gasteiger partial charge in [-0.2, -0.15) is 8.42 Å². The summed E-state index contributed by atoms with van der Waals surface area (Å²) in [5, 5.41) is 8.32. The van der Waals surface area contributed by atoms with Crippen LogP contribution in [0.25, 0.3) is 0 Å². The molecular weight excluding hydrogens is 271 g/mol. The van der Waals surface area contributed by atoms with Crippen LogP contribution in [0.15, 0.2) is 30.3 Å². The molecule has 0 spiro atoms. The molecule has 1 atom stereocenters. The molecule has 6 nitrogen and oxygen atoms in total. The fourth-order valence-electron chi connectivity index (χ4n) is 1.27. The van der Waals surface area contributed by atoms with Crippen molar-refractivity contribution in [2.24, 2.45) is 0 Å². The minimum Gasteiger partial charge on any atom is -0.550 e. The Morgan fingerprint density at radius 3 is 2.11 bits per heavy atom. The summed E-state index contributed by atoms with van der Waals surface area (Å²) in [7, 11) is -4.78. The quantitative estimate of drug-likeness (QED) is 0.337. The predicted molar refractivity (Wildman–Crippen MR) is 55.7 cm³/mol. The van der Waals surface area contributed by atoms with Crippen molar-refractivity contribution < 1.29 is 57.2 Å². The molecule has 1 unspecified atom stereocenters. The van der Waals surface area contributed by atoms with Crippen molar-refractivity contribution in [3.63, 3.8) is 0 Å². The maximum absolute atomic E-state index is 11.7. The summed E-state index contributed by atoms with van der Waals surface area (Å²) in [4.78, 5) is 22.0. The number of carboxylic acids is 1. The summed E-state index contributed by atoms with van der Waals surface area (Å²) in [6.45, 7) is 0. The Hall–Kier alpha value is -0.730. The van der Waals surface area contributed by atoms with Crippen LogP contribution in [0, 0.1) is 0 Å².